The summed E-state index contributed by atoms with van der Waals surface area (Å²) in [5.74, 6) is 0.940. The summed E-state index contributed by atoms with van der Waals surface area (Å²) >= 11 is 0. The molecular weight excluding hydrogens is 260 g/mol. The maximum Gasteiger partial charge on any atom is 0.177 e. The largest absolute Gasteiger partial charge is 0.488 e. The zero-order valence-electron chi connectivity index (χ0n) is 12.7. The summed E-state index contributed by atoms with van der Waals surface area (Å²) in [5.41, 5.74) is 2.83. The molecule has 0 fully saturated rings. The average Bonchev–Trinajstić information content (AvgIpc) is 2.48. The van der Waals surface area contributed by atoms with Gasteiger partial charge in [0.1, 0.15) is 11.9 Å². The van der Waals surface area contributed by atoms with Crippen LogP contribution in [0.1, 0.15) is 41.3 Å². The number of hydrogen-bond acceptors (Lipinski definition) is 2. The van der Waals surface area contributed by atoms with Gasteiger partial charge in [-0.2, -0.15) is 0 Å². The monoisotopic (exact) mass is 280 g/mol. The third-order valence-electron chi connectivity index (χ3n) is 4.09. The van der Waals surface area contributed by atoms with Crippen LogP contribution >= 0.6 is 0 Å². The van der Waals surface area contributed by atoms with Crippen molar-refractivity contribution in [1.29, 1.82) is 0 Å². The van der Waals surface area contributed by atoms with Crippen molar-refractivity contribution in [1.82, 2.24) is 0 Å². The summed E-state index contributed by atoms with van der Waals surface area (Å²) in [7, 11) is 0. The van der Waals surface area contributed by atoms with E-state index in [9.17, 15) is 4.79 Å². The fourth-order valence-electron chi connectivity index (χ4n) is 2.99. The van der Waals surface area contributed by atoms with Crippen molar-refractivity contribution in [3.05, 3.63) is 65.2 Å². The molecule has 2 aromatic rings. The van der Waals surface area contributed by atoms with E-state index in [1.807, 2.05) is 55.5 Å². The minimum absolute atomic E-state index is 0.116. The molecule has 2 atom stereocenters. The Hall–Kier alpha value is -2.09. The summed E-state index contributed by atoms with van der Waals surface area (Å²) in [6.07, 6.45) is -0.116. The van der Waals surface area contributed by atoms with Gasteiger partial charge < -0.3 is 4.74 Å². The van der Waals surface area contributed by atoms with Gasteiger partial charge >= 0.3 is 0 Å². The minimum atomic E-state index is -0.222. The molecule has 0 aromatic heterocycles. The molecule has 0 bridgehead atoms. The number of ether oxygens (including phenoxy) is 1. The number of fused-ring (bicyclic) bond motifs is 1. The summed E-state index contributed by atoms with van der Waals surface area (Å²) < 4.78 is 6.16. The molecule has 2 aromatic carbocycles. The highest BCUT2D eigenvalue weighted by molar-refractivity contribution is 6.04. The van der Waals surface area contributed by atoms with E-state index in [0.29, 0.717) is 5.56 Å². The number of carbonyl (C=O) groups is 1. The Labute approximate surface area is 125 Å². The molecule has 2 unspecified atom stereocenters. The third-order valence-corrected chi connectivity index (χ3v) is 4.09. The van der Waals surface area contributed by atoms with Gasteiger partial charge in [0, 0.05) is 0 Å². The molecule has 0 saturated carbocycles. The van der Waals surface area contributed by atoms with Crippen LogP contribution in [0.5, 0.6) is 5.75 Å². The Kier molecular flexibility index (Phi) is 3.54. The predicted octanol–water partition coefficient (Wildman–Crippen LogP) is 4.38. The van der Waals surface area contributed by atoms with Crippen LogP contribution in [0.2, 0.25) is 0 Å². The highest BCUT2D eigenvalue weighted by Gasteiger charge is 2.39. The molecule has 21 heavy (non-hydrogen) atoms. The second-order valence-electron chi connectivity index (χ2n) is 6.08. The van der Waals surface area contributed by atoms with Gasteiger partial charge in [-0.3, -0.25) is 4.79 Å². The Balaban J connectivity index is 2.11. The van der Waals surface area contributed by atoms with Gasteiger partial charge in [0.2, 0.25) is 0 Å². The Bertz CT molecular complexity index is 659. The number of aryl methyl sites for hydroxylation is 1. The van der Waals surface area contributed by atoms with Gasteiger partial charge in [0.15, 0.2) is 5.78 Å². The fraction of sp³-hybridized carbons (Fsp3) is 0.316. The molecule has 0 aliphatic carbocycles. The van der Waals surface area contributed by atoms with Crippen molar-refractivity contribution in [2.75, 3.05) is 0 Å². The molecule has 2 nitrogen and oxygen atoms in total. The molecule has 1 aliphatic heterocycles. The lowest BCUT2D eigenvalue weighted by Gasteiger charge is -2.35. The van der Waals surface area contributed by atoms with Crippen LogP contribution in [0.15, 0.2) is 48.5 Å². The average molecular weight is 280 g/mol. The number of carbonyl (C=O) groups excluding carboxylic acids is 1. The van der Waals surface area contributed by atoms with Crippen LogP contribution in [0.4, 0.5) is 0 Å². The minimum Gasteiger partial charge on any atom is -0.488 e. The van der Waals surface area contributed by atoms with Crippen LogP contribution in [0, 0.1) is 12.8 Å². The fourth-order valence-corrected chi connectivity index (χ4v) is 2.99. The summed E-state index contributed by atoms with van der Waals surface area (Å²) in [4.78, 5) is 13.0. The summed E-state index contributed by atoms with van der Waals surface area (Å²) in [6.45, 7) is 6.21. The number of ketones is 1. The van der Waals surface area contributed by atoms with Crippen LogP contribution in [0.25, 0.3) is 0 Å². The molecule has 3 rings (SSSR count). The lowest BCUT2D eigenvalue weighted by atomic mass is 9.79. The molecule has 108 valence electrons. The number of hydrogen-bond donors (Lipinski definition) is 0. The molecule has 0 amide bonds. The highest BCUT2D eigenvalue weighted by atomic mass is 16.5. The second kappa shape index (κ2) is 5.36. The smallest absolute Gasteiger partial charge is 0.177 e. The Morgan fingerprint density at radius 2 is 1.76 bits per heavy atom. The first-order chi connectivity index (χ1) is 10.1. The van der Waals surface area contributed by atoms with Crippen molar-refractivity contribution in [3.8, 4) is 5.75 Å². The van der Waals surface area contributed by atoms with Crippen molar-refractivity contribution >= 4 is 5.78 Å². The van der Waals surface area contributed by atoms with Crippen molar-refractivity contribution in [2.45, 2.75) is 32.8 Å². The van der Waals surface area contributed by atoms with Gasteiger partial charge in [-0.15, -0.1) is 0 Å². The van der Waals surface area contributed by atoms with E-state index < -0.39 is 0 Å². The number of rotatable bonds is 2. The van der Waals surface area contributed by atoms with Crippen molar-refractivity contribution in [3.63, 3.8) is 0 Å². The maximum absolute atomic E-state index is 13.0. The molecule has 0 spiro atoms. The van der Waals surface area contributed by atoms with Crippen molar-refractivity contribution in [2.24, 2.45) is 5.92 Å². The first-order valence-electron chi connectivity index (χ1n) is 7.44. The first kappa shape index (κ1) is 13.9. The van der Waals surface area contributed by atoms with E-state index in [-0.39, 0.29) is 23.7 Å². The molecule has 0 radical (unpaired) electrons. The first-order valence-corrected chi connectivity index (χ1v) is 7.44. The zero-order valence-corrected chi connectivity index (χ0v) is 12.7. The van der Waals surface area contributed by atoms with Crippen LogP contribution in [0.3, 0.4) is 0 Å². The maximum atomic E-state index is 13.0. The lowest BCUT2D eigenvalue weighted by molar-refractivity contribution is 0.0679. The van der Waals surface area contributed by atoms with E-state index >= 15 is 0 Å². The van der Waals surface area contributed by atoms with Crippen LogP contribution in [-0.4, -0.2) is 11.9 Å². The topological polar surface area (TPSA) is 26.3 Å². The predicted molar refractivity (Wildman–Crippen MR) is 83.9 cm³/mol. The summed E-state index contributed by atoms with van der Waals surface area (Å²) in [5, 5.41) is 0. The molecule has 1 aliphatic rings. The van der Waals surface area contributed by atoms with Crippen LogP contribution < -0.4 is 4.74 Å². The third kappa shape index (κ3) is 2.46. The van der Waals surface area contributed by atoms with E-state index in [1.165, 1.54) is 0 Å². The quantitative estimate of drug-likeness (QED) is 0.816. The highest BCUT2D eigenvalue weighted by Crippen LogP contribution is 2.39. The Morgan fingerprint density at radius 3 is 2.43 bits per heavy atom. The lowest BCUT2D eigenvalue weighted by Crippen LogP contribution is -2.39. The molecule has 2 heteroatoms. The van der Waals surface area contributed by atoms with E-state index in [0.717, 1.165) is 16.9 Å². The molecule has 0 N–H and O–H groups in total. The standard InChI is InChI=1S/C19H20O2/c1-12(2)19-17(14-7-5-4-6-8-14)18(20)15-11-13(3)9-10-16(15)21-19/h4-12,17,19H,1-3H3. The van der Waals surface area contributed by atoms with Gasteiger partial charge in [0.25, 0.3) is 0 Å². The van der Waals surface area contributed by atoms with Gasteiger partial charge in [-0.1, -0.05) is 55.8 Å². The molecule has 0 saturated heterocycles. The van der Waals surface area contributed by atoms with E-state index in [1.54, 1.807) is 0 Å². The normalized spacial score (nSPS) is 21.0. The Morgan fingerprint density at radius 1 is 1.05 bits per heavy atom. The molecular formula is C19H20O2. The second-order valence-corrected chi connectivity index (χ2v) is 6.08. The van der Waals surface area contributed by atoms with Gasteiger partial charge in [-0.25, -0.2) is 0 Å². The van der Waals surface area contributed by atoms with Gasteiger partial charge in [0.05, 0.1) is 11.5 Å². The number of benzene rings is 2. The number of Topliss-reactive ketones (excluding diaryl/α,β-unsaturated/α-hetero) is 1. The molecule has 1 heterocycles. The van der Waals surface area contributed by atoms with E-state index in [2.05, 4.69) is 13.8 Å². The van der Waals surface area contributed by atoms with Gasteiger partial charge in [-0.05, 0) is 30.5 Å². The SMILES string of the molecule is Cc1ccc2c(c1)C(=O)C(c1ccccc1)C(C(C)C)O2. The van der Waals surface area contributed by atoms with Crippen LogP contribution in [-0.2, 0) is 0 Å². The zero-order chi connectivity index (χ0) is 15.0. The van der Waals surface area contributed by atoms with E-state index in [4.69, 9.17) is 4.74 Å². The van der Waals surface area contributed by atoms with Crippen molar-refractivity contribution < 1.29 is 9.53 Å². The summed E-state index contributed by atoms with van der Waals surface area (Å²) in [6, 6.07) is 15.8.